The number of hydrogen-bond donors (Lipinski definition) is 0. The van der Waals surface area contributed by atoms with Gasteiger partial charge in [0.25, 0.3) is 0 Å². The van der Waals surface area contributed by atoms with E-state index in [0.29, 0.717) is 12.0 Å². The normalized spacial score (nSPS) is 27.0. The number of rotatable bonds is 4. The predicted octanol–water partition coefficient (Wildman–Crippen LogP) is 3.80. The molecular formula is C21H19FO4. The van der Waals surface area contributed by atoms with Crippen molar-refractivity contribution in [3.63, 3.8) is 0 Å². The second-order valence-corrected chi connectivity index (χ2v) is 6.84. The van der Waals surface area contributed by atoms with Gasteiger partial charge in [0.15, 0.2) is 0 Å². The molecule has 0 N–H and O–H groups in total. The Morgan fingerprint density at radius 1 is 1.08 bits per heavy atom. The van der Waals surface area contributed by atoms with Gasteiger partial charge in [0.1, 0.15) is 12.2 Å². The minimum Gasteiger partial charge on any atom is -0.462 e. The Morgan fingerprint density at radius 3 is 2.46 bits per heavy atom. The molecule has 1 heterocycles. The van der Waals surface area contributed by atoms with Gasteiger partial charge in [-0.15, -0.1) is 0 Å². The molecule has 26 heavy (non-hydrogen) atoms. The van der Waals surface area contributed by atoms with Crippen LogP contribution in [0.2, 0.25) is 0 Å². The maximum absolute atomic E-state index is 13.4. The van der Waals surface area contributed by atoms with Crippen LogP contribution in [0.1, 0.15) is 23.2 Å². The van der Waals surface area contributed by atoms with Crippen molar-refractivity contribution >= 4 is 11.9 Å². The lowest BCUT2D eigenvalue weighted by Gasteiger charge is -2.20. The zero-order valence-corrected chi connectivity index (χ0v) is 14.1. The summed E-state index contributed by atoms with van der Waals surface area (Å²) in [4.78, 5) is 23.8. The zero-order valence-electron chi connectivity index (χ0n) is 14.1. The average molecular weight is 354 g/mol. The number of hydrogen-bond acceptors (Lipinski definition) is 4. The van der Waals surface area contributed by atoms with Crippen molar-refractivity contribution in [1.29, 1.82) is 0 Å². The molecule has 134 valence electrons. The highest BCUT2D eigenvalue weighted by atomic mass is 19.1. The first-order chi connectivity index (χ1) is 12.7. The fourth-order valence-electron chi connectivity index (χ4n) is 3.94. The Balaban J connectivity index is 1.44. The first-order valence-corrected chi connectivity index (χ1v) is 8.77. The van der Waals surface area contributed by atoms with Gasteiger partial charge in [-0.05, 0) is 23.3 Å². The molecule has 0 bridgehead atoms. The van der Waals surface area contributed by atoms with Gasteiger partial charge < -0.3 is 9.47 Å². The van der Waals surface area contributed by atoms with Crippen LogP contribution in [-0.4, -0.2) is 30.8 Å². The Hall–Kier alpha value is -2.69. The summed E-state index contributed by atoms with van der Waals surface area (Å²) in [5.74, 6) is -1.43. The monoisotopic (exact) mass is 354 g/mol. The number of esters is 2. The number of fused-ring (bicyclic) bond motifs is 1. The van der Waals surface area contributed by atoms with Crippen LogP contribution in [0.15, 0.2) is 54.6 Å². The van der Waals surface area contributed by atoms with Crippen LogP contribution in [0, 0.1) is 11.8 Å². The van der Waals surface area contributed by atoms with E-state index in [-0.39, 0.29) is 24.4 Å². The molecule has 1 saturated heterocycles. The molecule has 0 aromatic heterocycles. The lowest BCUT2D eigenvalue weighted by molar-refractivity contribution is -0.141. The van der Waals surface area contributed by atoms with Gasteiger partial charge in [-0.2, -0.15) is 0 Å². The number of halogens is 1. The van der Waals surface area contributed by atoms with E-state index in [2.05, 4.69) is 0 Å². The largest absolute Gasteiger partial charge is 0.462 e. The first kappa shape index (κ1) is 16.8. The molecule has 0 amide bonds. The number of benzene rings is 2. The van der Waals surface area contributed by atoms with Crippen LogP contribution >= 0.6 is 0 Å². The fraction of sp³-hybridized carbons (Fsp3) is 0.333. The number of carbonyl (C=O) groups is 2. The Kier molecular flexibility index (Phi) is 4.45. The molecule has 1 saturated carbocycles. The summed E-state index contributed by atoms with van der Waals surface area (Å²) in [6.45, 7) is -0.622. The van der Waals surface area contributed by atoms with E-state index in [9.17, 15) is 14.0 Å². The number of carbonyl (C=O) groups excluding carboxylic acids is 2. The minimum absolute atomic E-state index is 0.189. The van der Waals surface area contributed by atoms with Gasteiger partial charge in [0.05, 0.1) is 18.7 Å². The molecular weight excluding hydrogens is 335 g/mol. The van der Waals surface area contributed by atoms with Gasteiger partial charge in [-0.1, -0.05) is 42.5 Å². The molecule has 2 fully saturated rings. The zero-order chi connectivity index (χ0) is 18.1. The summed E-state index contributed by atoms with van der Waals surface area (Å²) in [5, 5.41) is 0. The van der Waals surface area contributed by atoms with Crippen LogP contribution in [-0.2, 0) is 14.3 Å². The summed E-state index contributed by atoms with van der Waals surface area (Å²) in [6, 6.07) is 17.0. The summed E-state index contributed by atoms with van der Waals surface area (Å²) >= 11 is 0. The summed E-state index contributed by atoms with van der Waals surface area (Å²) in [5.41, 5.74) is 2.50. The molecule has 4 atom stereocenters. The average Bonchev–Trinajstić information content (AvgIpc) is 3.17. The summed E-state index contributed by atoms with van der Waals surface area (Å²) < 4.78 is 24.2. The van der Waals surface area contributed by atoms with E-state index in [1.54, 1.807) is 12.1 Å². The van der Waals surface area contributed by atoms with E-state index >= 15 is 0 Å². The molecule has 4 rings (SSSR count). The molecule has 1 aliphatic heterocycles. The summed E-state index contributed by atoms with van der Waals surface area (Å²) in [6.07, 6.45) is -0.302. The smallest absolute Gasteiger partial charge is 0.338 e. The van der Waals surface area contributed by atoms with Crippen molar-refractivity contribution in [1.82, 2.24) is 0 Å². The first-order valence-electron chi connectivity index (χ1n) is 8.77. The lowest BCUT2D eigenvalue weighted by atomic mass is 9.93. The third kappa shape index (κ3) is 3.09. The highest BCUT2D eigenvalue weighted by molar-refractivity contribution is 5.90. The Morgan fingerprint density at radius 2 is 1.77 bits per heavy atom. The van der Waals surface area contributed by atoms with Gasteiger partial charge in [0.2, 0.25) is 0 Å². The third-order valence-electron chi connectivity index (χ3n) is 5.32. The van der Waals surface area contributed by atoms with Crippen LogP contribution < -0.4 is 0 Å². The maximum Gasteiger partial charge on any atom is 0.338 e. The van der Waals surface area contributed by atoms with Crippen LogP contribution in [0.25, 0.3) is 11.1 Å². The highest BCUT2D eigenvalue weighted by Crippen LogP contribution is 2.43. The molecule has 0 unspecified atom stereocenters. The molecule has 2 aliphatic rings. The van der Waals surface area contributed by atoms with Crippen molar-refractivity contribution in [2.45, 2.75) is 25.0 Å². The van der Waals surface area contributed by atoms with Crippen molar-refractivity contribution in [3.8, 4) is 11.1 Å². The molecule has 2 aromatic rings. The fourth-order valence-corrected chi connectivity index (χ4v) is 3.94. The highest BCUT2D eigenvalue weighted by Gasteiger charge is 2.51. The van der Waals surface area contributed by atoms with Gasteiger partial charge in [-0.3, -0.25) is 9.18 Å². The van der Waals surface area contributed by atoms with Gasteiger partial charge >= 0.3 is 11.9 Å². The SMILES string of the molecule is O=C1C[C@@H]2[C@@H](CF)[C@H](OC(=O)c3ccc(-c4ccccc4)cc3)C[C@@H]2O1. The second-order valence-electron chi connectivity index (χ2n) is 6.84. The minimum atomic E-state index is -0.622. The Labute approximate surface area is 150 Å². The standard InChI is InChI=1S/C21H19FO4/c22-12-17-16-10-20(23)25-18(16)11-19(17)26-21(24)15-8-6-14(7-9-15)13-4-2-1-3-5-13/h1-9,16-19H,10-12H2/t16-,17-,18+,19-/m1/s1. The topological polar surface area (TPSA) is 52.6 Å². The molecule has 0 spiro atoms. The van der Waals surface area contributed by atoms with Crippen molar-refractivity contribution in [2.75, 3.05) is 6.67 Å². The van der Waals surface area contributed by atoms with Gasteiger partial charge in [-0.25, -0.2) is 4.79 Å². The lowest BCUT2D eigenvalue weighted by Crippen LogP contribution is -2.27. The maximum atomic E-state index is 13.4. The molecule has 0 radical (unpaired) electrons. The van der Waals surface area contributed by atoms with E-state index < -0.39 is 24.7 Å². The quantitative estimate of drug-likeness (QED) is 0.784. The number of alkyl halides is 1. The molecule has 4 nitrogen and oxygen atoms in total. The molecule has 2 aromatic carbocycles. The van der Waals surface area contributed by atoms with Crippen molar-refractivity contribution in [2.24, 2.45) is 11.8 Å². The van der Waals surface area contributed by atoms with Crippen molar-refractivity contribution in [3.05, 3.63) is 60.2 Å². The van der Waals surface area contributed by atoms with Crippen LogP contribution in [0.5, 0.6) is 0 Å². The Bertz CT molecular complexity index is 803. The van der Waals surface area contributed by atoms with Crippen LogP contribution in [0.3, 0.4) is 0 Å². The second kappa shape index (κ2) is 6.90. The van der Waals surface area contributed by atoms with Crippen molar-refractivity contribution < 1.29 is 23.5 Å². The predicted molar refractivity (Wildman–Crippen MR) is 93.2 cm³/mol. The van der Waals surface area contributed by atoms with Gasteiger partial charge in [0, 0.05) is 18.3 Å². The van der Waals surface area contributed by atoms with E-state index in [1.165, 1.54) is 0 Å². The molecule has 1 aliphatic carbocycles. The third-order valence-corrected chi connectivity index (χ3v) is 5.32. The molecule has 5 heteroatoms. The number of ether oxygens (including phenoxy) is 2. The summed E-state index contributed by atoms with van der Waals surface area (Å²) in [7, 11) is 0. The van der Waals surface area contributed by atoms with E-state index in [4.69, 9.17) is 9.47 Å². The van der Waals surface area contributed by atoms with Crippen LogP contribution in [0.4, 0.5) is 4.39 Å². The van der Waals surface area contributed by atoms with E-state index in [0.717, 1.165) is 11.1 Å². The van der Waals surface area contributed by atoms with E-state index in [1.807, 2.05) is 42.5 Å².